The Morgan fingerprint density at radius 3 is 2.77 bits per heavy atom. The Morgan fingerprint density at radius 2 is 2.04 bits per heavy atom. The van der Waals surface area contributed by atoms with Crippen LogP contribution in [0.25, 0.3) is 0 Å². The van der Waals surface area contributed by atoms with Crippen molar-refractivity contribution in [3.05, 3.63) is 29.3 Å². The van der Waals surface area contributed by atoms with E-state index in [2.05, 4.69) is 5.32 Å². The maximum absolute atomic E-state index is 12.4. The average molecular weight is 362 g/mol. The third-order valence-corrected chi connectivity index (χ3v) is 5.25. The van der Waals surface area contributed by atoms with Crippen molar-refractivity contribution in [1.29, 1.82) is 0 Å². The first kappa shape index (κ1) is 19.1. The first-order valence-electron chi connectivity index (χ1n) is 9.54. The zero-order valence-electron chi connectivity index (χ0n) is 15.5. The van der Waals surface area contributed by atoms with Gasteiger partial charge in [0.2, 0.25) is 5.91 Å². The van der Waals surface area contributed by atoms with Crippen LogP contribution < -0.4 is 15.8 Å². The van der Waals surface area contributed by atoms with Crippen LogP contribution in [-0.2, 0) is 20.8 Å². The van der Waals surface area contributed by atoms with E-state index in [0.29, 0.717) is 32.3 Å². The van der Waals surface area contributed by atoms with E-state index in [9.17, 15) is 4.79 Å². The second-order valence-electron chi connectivity index (χ2n) is 7.35. The number of hydrogen-bond donors (Lipinski definition) is 2. The molecule has 0 bridgehead atoms. The minimum atomic E-state index is -0.482. The highest BCUT2D eigenvalue weighted by Crippen LogP contribution is 2.23. The highest BCUT2D eigenvalue weighted by atomic mass is 16.5. The van der Waals surface area contributed by atoms with Crippen molar-refractivity contribution in [3.8, 4) is 5.75 Å². The van der Waals surface area contributed by atoms with Crippen LogP contribution >= 0.6 is 0 Å². The minimum absolute atomic E-state index is 0.104. The second kappa shape index (κ2) is 9.35. The SMILES string of the molecule is Cc1ccc(CNC(=O)C(N)C2CCOCC2)c(OCC2CCOC2)c1. The maximum Gasteiger partial charge on any atom is 0.237 e. The van der Waals surface area contributed by atoms with E-state index in [-0.39, 0.29) is 11.8 Å². The normalized spacial score (nSPS) is 22.2. The van der Waals surface area contributed by atoms with Crippen LogP contribution in [0, 0.1) is 18.8 Å². The topological polar surface area (TPSA) is 82.8 Å². The van der Waals surface area contributed by atoms with Crippen LogP contribution in [0.4, 0.5) is 0 Å². The standard InChI is InChI=1S/C20H30N2O4/c1-14-2-3-17(18(10-14)26-13-15-4-7-25-12-15)11-22-20(23)19(21)16-5-8-24-9-6-16/h2-3,10,15-16,19H,4-9,11-13,21H2,1H3,(H,22,23). The predicted octanol–water partition coefficient (Wildman–Crippen LogP) is 1.78. The number of hydrogen-bond acceptors (Lipinski definition) is 5. The van der Waals surface area contributed by atoms with E-state index in [1.165, 1.54) is 0 Å². The Labute approximate surface area is 155 Å². The zero-order valence-corrected chi connectivity index (χ0v) is 15.5. The molecule has 2 atom stereocenters. The van der Waals surface area contributed by atoms with Crippen LogP contribution in [0.5, 0.6) is 5.75 Å². The largest absolute Gasteiger partial charge is 0.493 e. The summed E-state index contributed by atoms with van der Waals surface area (Å²) in [6.45, 7) is 6.05. The molecule has 6 nitrogen and oxygen atoms in total. The zero-order chi connectivity index (χ0) is 18.4. The molecule has 2 heterocycles. The van der Waals surface area contributed by atoms with Gasteiger partial charge in [0.1, 0.15) is 5.75 Å². The molecule has 0 saturated carbocycles. The van der Waals surface area contributed by atoms with Crippen molar-refractivity contribution in [2.45, 2.75) is 38.8 Å². The highest BCUT2D eigenvalue weighted by Gasteiger charge is 2.26. The van der Waals surface area contributed by atoms with Gasteiger partial charge in [-0.25, -0.2) is 0 Å². The van der Waals surface area contributed by atoms with E-state index < -0.39 is 6.04 Å². The molecule has 1 aromatic rings. The van der Waals surface area contributed by atoms with Gasteiger partial charge in [0, 0.05) is 37.8 Å². The van der Waals surface area contributed by atoms with Crippen LogP contribution in [0.3, 0.4) is 0 Å². The number of ether oxygens (including phenoxy) is 3. The van der Waals surface area contributed by atoms with Crippen molar-refractivity contribution < 1.29 is 19.0 Å². The van der Waals surface area contributed by atoms with Crippen molar-refractivity contribution in [1.82, 2.24) is 5.32 Å². The smallest absolute Gasteiger partial charge is 0.237 e. The molecule has 2 aliphatic rings. The van der Waals surface area contributed by atoms with Gasteiger partial charge in [-0.1, -0.05) is 12.1 Å². The molecule has 2 aliphatic heterocycles. The quantitative estimate of drug-likeness (QED) is 0.773. The first-order valence-corrected chi connectivity index (χ1v) is 9.54. The number of benzene rings is 1. The van der Waals surface area contributed by atoms with Gasteiger partial charge in [-0.3, -0.25) is 4.79 Å². The van der Waals surface area contributed by atoms with Crippen molar-refractivity contribution in [2.24, 2.45) is 17.6 Å². The van der Waals surface area contributed by atoms with Crippen LogP contribution in [0.2, 0.25) is 0 Å². The third kappa shape index (κ3) is 5.19. The van der Waals surface area contributed by atoms with Crippen LogP contribution in [0.15, 0.2) is 18.2 Å². The first-order chi connectivity index (χ1) is 12.6. The summed E-state index contributed by atoms with van der Waals surface area (Å²) in [6, 6.07) is 5.58. The van der Waals surface area contributed by atoms with Crippen LogP contribution in [0.1, 0.15) is 30.4 Å². The third-order valence-electron chi connectivity index (χ3n) is 5.25. The molecule has 2 saturated heterocycles. The monoisotopic (exact) mass is 362 g/mol. The number of aryl methyl sites for hydroxylation is 1. The van der Waals surface area contributed by atoms with E-state index in [4.69, 9.17) is 19.9 Å². The fraction of sp³-hybridized carbons (Fsp3) is 0.650. The predicted molar refractivity (Wildman–Crippen MR) is 99.0 cm³/mol. The number of rotatable bonds is 7. The van der Waals surface area contributed by atoms with Gasteiger partial charge in [0.25, 0.3) is 0 Å². The second-order valence-corrected chi connectivity index (χ2v) is 7.35. The van der Waals surface area contributed by atoms with Gasteiger partial charge in [0.15, 0.2) is 0 Å². The summed E-state index contributed by atoms with van der Waals surface area (Å²) in [7, 11) is 0. The molecule has 1 aromatic carbocycles. The van der Waals surface area contributed by atoms with E-state index in [1.807, 2.05) is 25.1 Å². The lowest BCUT2D eigenvalue weighted by Crippen LogP contribution is -2.46. The molecule has 3 rings (SSSR count). The summed E-state index contributed by atoms with van der Waals surface area (Å²) in [5.41, 5.74) is 8.26. The molecule has 6 heteroatoms. The Morgan fingerprint density at radius 1 is 1.27 bits per heavy atom. The number of amides is 1. The number of nitrogens with one attached hydrogen (secondary N) is 1. The molecule has 0 aromatic heterocycles. The van der Waals surface area contributed by atoms with E-state index in [1.54, 1.807) is 0 Å². The average Bonchev–Trinajstić information content (AvgIpc) is 3.19. The molecule has 0 radical (unpaired) electrons. The Kier molecular flexibility index (Phi) is 6.88. The highest BCUT2D eigenvalue weighted by molar-refractivity contribution is 5.81. The number of nitrogens with two attached hydrogens (primary N) is 1. The molecule has 2 fully saturated rings. The summed E-state index contributed by atoms with van der Waals surface area (Å²) in [4.78, 5) is 12.4. The molecule has 144 valence electrons. The number of carbonyl (C=O) groups excluding carboxylic acids is 1. The molecule has 0 aliphatic carbocycles. The van der Waals surface area contributed by atoms with E-state index in [0.717, 1.165) is 49.4 Å². The van der Waals surface area contributed by atoms with Gasteiger partial charge in [0.05, 0.1) is 19.3 Å². The summed E-state index contributed by atoms with van der Waals surface area (Å²) in [5.74, 6) is 1.37. The van der Waals surface area contributed by atoms with Gasteiger partial charge in [-0.15, -0.1) is 0 Å². The number of carbonyl (C=O) groups is 1. The van der Waals surface area contributed by atoms with Crippen molar-refractivity contribution >= 4 is 5.91 Å². The lowest BCUT2D eigenvalue weighted by molar-refractivity contribution is -0.124. The lowest BCUT2D eigenvalue weighted by atomic mass is 9.92. The van der Waals surface area contributed by atoms with E-state index >= 15 is 0 Å². The Hall–Kier alpha value is -1.63. The van der Waals surface area contributed by atoms with Gasteiger partial charge in [-0.2, -0.15) is 0 Å². The lowest BCUT2D eigenvalue weighted by Gasteiger charge is -2.26. The molecule has 3 N–H and O–H groups in total. The summed E-state index contributed by atoms with van der Waals surface area (Å²) in [5, 5.41) is 2.97. The summed E-state index contributed by atoms with van der Waals surface area (Å²) >= 11 is 0. The molecule has 0 spiro atoms. The van der Waals surface area contributed by atoms with Gasteiger partial charge in [-0.05, 0) is 43.7 Å². The van der Waals surface area contributed by atoms with Gasteiger partial charge >= 0.3 is 0 Å². The molecule has 1 amide bonds. The molecular weight excluding hydrogens is 332 g/mol. The maximum atomic E-state index is 12.4. The minimum Gasteiger partial charge on any atom is -0.493 e. The summed E-state index contributed by atoms with van der Waals surface area (Å²) in [6.07, 6.45) is 2.73. The Balaban J connectivity index is 1.55. The fourth-order valence-corrected chi connectivity index (χ4v) is 3.45. The fourth-order valence-electron chi connectivity index (χ4n) is 3.45. The molecular formula is C20H30N2O4. The molecule has 26 heavy (non-hydrogen) atoms. The van der Waals surface area contributed by atoms with Crippen molar-refractivity contribution in [3.63, 3.8) is 0 Å². The Bertz CT molecular complexity index is 595. The van der Waals surface area contributed by atoms with Crippen LogP contribution in [-0.4, -0.2) is 45.0 Å². The van der Waals surface area contributed by atoms with Crippen molar-refractivity contribution in [2.75, 3.05) is 33.0 Å². The molecule has 2 unspecified atom stereocenters. The van der Waals surface area contributed by atoms with Gasteiger partial charge < -0.3 is 25.3 Å². The summed E-state index contributed by atoms with van der Waals surface area (Å²) < 4.78 is 16.8.